The normalized spacial score (nSPS) is 21.6. The molecule has 0 aromatic carbocycles. The highest BCUT2D eigenvalue weighted by Crippen LogP contribution is 2.57. The lowest BCUT2D eigenvalue weighted by molar-refractivity contribution is -0.232. The molecule has 1 aliphatic rings. The van der Waals surface area contributed by atoms with E-state index < -0.39 is 51.8 Å². The summed E-state index contributed by atoms with van der Waals surface area (Å²) in [5.74, 6) is -0.129. The molecule has 0 radical (unpaired) electrons. The fourth-order valence-corrected chi connectivity index (χ4v) is 5.39. The molecule has 0 saturated carbocycles. The molecule has 10 heteroatoms. The zero-order valence-electron chi connectivity index (χ0n) is 20.5. The Balaban J connectivity index is 0.00000436. The third-order valence-electron chi connectivity index (χ3n) is 4.62. The monoisotopic (exact) mass is 472 g/mol. The van der Waals surface area contributed by atoms with E-state index in [9.17, 15) is 22.8 Å². The van der Waals surface area contributed by atoms with Crippen molar-refractivity contribution in [1.82, 2.24) is 9.80 Å². The number of hydrogen-bond acceptors (Lipinski definition) is 5. The molecule has 1 saturated heterocycles. The quantitative estimate of drug-likeness (QED) is 0.489. The smallest absolute Gasteiger partial charge is 0.428 e. The molecule has 0 aliphatic carbocycles. The number of rotatable bonds is 6. The van der Waals surface area contributed by atoms with E-state index >= 15 is 0 Å². The SMILES string of the molecule is CC.CCS(CC)(CC)OC1(C(F)(F)F)CN(C(=O)OC(C)(C)C)/C(=C/N(C)C)C1=O. The number of ether oxygens (including phenoxy) is 1. The van der Waals surface area contributed by atoms with Gasteiger partial charge >= 0.3 is 12.3 Å². The first-order valence-corrected chi connectivity index (χ1v) is 12.6. The van der Waals surface area contributed by atoms with Gasteiger partial charge in [-0.1, -0.05) is 34.6 Å². The van der Waals surface area contributed by atoms with Gasteiger partial charge in [0.15, 0.2) is 0 Å². The zero-order valence-corrected chi connectivity index (χ0v) is 21.3. The Bertz CT molecular complexity index is 648. The van der Waals surface area contributed by atoms with Gasteiger partial charge in [0, 0.05) is 20.3 Å². The summed E-state index contributed by atoms with van der Waals surface area (Å²) < 4.78 is 54.0. The largest absolute Gasteiger partial charge is 0.443 e. The van der Waals surface area contributed by atoms with Crippen molar-refractivity contribution in [1.29, 1.82) is 0 Å². The molecule has 0 aromatic heterocycles. The Morgan fingerprint density at radius 2 is 1.58 bits per heavy atom. The van der Waals surface area contributed by atoms with Crippen LogP contribution in [0.2, 0.25) is 0 Å². The van der Waals surface area contributed by atoms with Crippen LogP contribution in [-0.2, 0) is 13.7 Å². The predicted molar refractivity (Wildman–Crippen MR) is 120 cm³/mol. The lowest BCUT2D eigenvalue weighted by Crippen LogP contribution is -2.55. The summed E-state index contributed by atoms with van der Waals surface area (Å²) in [4.78, 5) is 28.0. The number of likely N-dealkylation sites (tertiary alicyclic amines) is 1. The summed E-state index contributed by atoms with van der Waals surface area (Å²) in [6.07, 6.45) is -4.81. The van der Waals surface area contributed by atoms with Gasteiger partial charge in [-0.3, -0.25) is 9.69 Å². The maximum Gasteiger partial charge on any atom is 0.428 e. The summed E-state index contributed by atoms with van der Waals surface area (Å²) >= 11 is 0. The minimum Gasteiger partial charge on any atom is -0.443 e. The number of Topliss-reactive ketones (excluding diaryl/α,β-unsaturated/α-hetero) is 1. The molecule has 31 heavy (non-hydrogen) atoms. The summed E-state index contributed by atoms with van der Waals surface area (Å²) in [7, 11) is 0.950. The third kappa shape index (κ3) is 6.78. The van der Waals surface area contributed by atoms with E-state index in [1.165, 1.54) is 11.1 Å². The van der Waals surface area contributed by atoms with E-state index in [-0.39, 0.29) is 0 Å². The van der Waals surface area contributed by atoms with Crippen molar-refractivity contribution in [2.75, 3.05) is 37.9 Å². The number of ketones is 1. The first-order valence-electron chi connectivity index (χ1n) is 10.5. The van der Waals surface area contributed by atoms with Crippen LogP contribution < -0.4 is 0 Å². The molecule has 0 N–H and O–H groups in total. The van der Waals surface area contributed by atoms with E-state index in [2.05, 4.69) is 0 Å². The molecule has 0 bridgehead atoms. The van der Waals surface area contributed by atoms with Crippen LogP contribution in [0, 0.1) is 0 Å². The first kappa shape index (κ1) is 29.6. The van der Waals surface area contributed by atoms with Crippen LogP contribution >= 0.6 is 10.3 Å². The number of halogens is 3. The Labute approximate surface area is 186 Å². The standard InChI is InChI=1S/C19H33F3N2O4S.C2H6/c1-9-29(10-2,11-3)28-18(19(20,21)22)13-24(16(26)27-17(4,5)6)14(15(18)25)12-23(7)8;1-2/h12H,9-11,13H2,1-8H3;1-2H3/b14-12+;. The summed E-state index contributed by atoms with van der Waals surface area (Å²) in [6, 6.07) is 0. The van der Waals surface area contributed by atoms with Crippen LogP contribution in [-0.4, -0.2) is 77.0 Å². The first-order chi connectivity index (χ1) is 14.1. The van der Waals surface area contributed by atoms with E-state index in [1.807, 2.05) is 13.8 Å². The van der Waals surface area contributed by atoms with Gasteiger partial charge in [-0.25, -0.2) is 4.79 Å². The van der Waals surface area contributed by atoms with Crippen molar-refractivity contribution in [2.45, 2.75) is 72.8 Å². The van der Waals surface area contributed by atoms with Crippen LogP contribution in [0.4, 0.5) is 18.0 Å². The van der Waals surface area contributed by atoms with Gasteiger partial charge < -0.3 is 13.8 Å². The van der Waals surface area contributed by atoms with Crippen LogP contribution in [0.25, 0.3) is 0 Å². The summed E-state index contributed by atoms with van der Waals surface area (Å²) in [5.41, 5.74) is -4.43. The Morgan fingerprint density at radius 1 is 1.13 bits per heavy atom. The van der Waals surface area contributed by atoms with Gasteiger partial charge in [0.25, 0.3) is 5.60 Å². The van der Waals surface area contributed by atoms with E-state index in [4.69, 9.17) is 8.92 Å². The molecule has 1 heterocycles. The molecule has 184 valence electrons. The van der Waals surface area contributed by atoms with Crippen molar-refractivity contribution in [3.8, 4) is 0 Å². The Kier molecular flexibility index (Phi) is 10.4. The van der Waals surface area contributed by atoms with E-state index in [1.54, 1.807) is 55.6 Å². The van der Waals surface area contributed by atoms with Gasteiger partial charge in [-0.15, -0.1) is 10.3 Å². The van der Waals surface area contributed by atoms with Crippen LogP contribution in [0.15, 0.2) is 11.9 Å². The Hall–Kier alpha value is -1.42. The number of carbonyl (C=O) groups is 2. The second-order valence-electron chi connectivity index (χ2n) is 8.11. The molecule has 0 spiro atoms. The number of alkyl halides is 3. The average Bonchev–Trinajstić information content (AvgIpc) is 2.93. The van der Waals surface area contributed by atoms with E-state index in [0.29, 0.717) is 17.3 Å². The minimum absolute atomic E-state index is 0.379. The topological polar surface area (TPSA) is 59.1 Å². The maximum absolute atomic E-state index is 14.3. The molecule has 6 nitrogen and oxygen atoms in total. The van der Waals surface area contributed by atoms with Gasteiger partial charge in [-0.2, -0.15) is 13.2 Å². The number of nitrogens with zero attached hydrogens (tertiary/aromatic N) is 2. The molecular formula is C21H39F3N2O4S. The molecule has 0 aromatic rings. The molecule has 1 atom stereocenters. The molecule has 1 fully saturated rings. The fraction of sp³-hybridized carbons (Fsp3) is 0.810. The predicted octanol–water partition coefficient (Wildman–Crippen LogP) is 5.33. The van der Waals surface area contributed by atoms with Gasteiger partial charge in [0.1, 0.15) is 11.3 Å². The van der Waals surface area contributed by atoms with Crippen molar-refractivity contribution in [3.63, 3.8) is 0 Å². The third-order valence-corrected chi connectivity index (χ3v) is 8.42. The number of amides is 1. The number of hydrogen-bond donors (Lipinski definition) is 0. The van der Waals surface area contributed by atoms with Crippen molar-refractivity contribution < 1.29 is 31.7 Å². The summed E-state index contributed by atoms with van der Waals surface area (Å²) in [6.45, 7) is 13.1. The van der Waals surface area contributed by atoms with E-state index in [0.717, 1.165) is 4.90 Å². The molecule has 1 amide bonds. The summed E-state index contributed by atoms with van der Waals surface area (Å²) in [5, 5.41) is 0. The van der Waals surface area contributed by atoms with Crippen LogP contribution in [0.1, 0.15) is 55.4 Å². The van der Waals surface area contributed by atoms with Gasteiger partial charge in [0.05, 0.1) is 6.54 Å². The second-order valence-corrected chi connectivity index (χ2v) is 11.9. The average molecular weight is 473 g/mol. The molecule has 1 rings (SSSR count). The maximum atomic E-state index is 14.3. The van der Waals surface area contributed by atoms with Crippen LogP contribution in [0.5, 0.6) is 0 Å². The van der Waals surface area contributed by atoms with Crippen LogP contribution in [0.3, 0.4) is 0 Å². The zero-order chi connectivity index (χ0) is 24.8. The van der Waals surface area contributed by atoms with Crippen molar-refractivity contribution >= 4 is 22.2 Å². The molecule has 1 aliphatic heterocycles. The molecular weight excluding hydrogens is 433 g/mol. The fourth-order valence-electron chi connectivity index (χ4n) is 2.98. The van der Waals surface area contributed by atoms with Crippen molar-refractivity contribution in [2.24, 2.45) is 0 Å². The molecule has 1 unspecified atom stereocenters. The highest BCUT2D eigenvalue weighted by atomic mass is 32.3. The second kappa shape index (κ2) is 10.9. The van der Waals surface area contributed by atoms with Crippen molar-refractivity contribution in [3.05, 3.63) is 11.9 Å². The van der Waals surface area contributed by atoms with Gasteiger partial charge in [-0.05, 0) is 38.0 Å². The highest BCUT2D eigenvalue weighted by Gasteiger charge is 2.70. The highest BCUT2D eigenvalue weighted by molar-refractivity contribution is 8.29. The minimum atomic E-state index is -5.00. The number of carbonyl (C=O) groups excluding carboxylic acids is 2. The Morgan fingerprint density at radius 3 is 1.90 bits per heavy atom. The van der Waals surface area contributed by atoms with Gasteiger partial charge in [0.2, 0.25) is 5.78 Å². The lowest BCUT2D eigenvalue weighted by Gasteiger charge is -2.44. The lowest BCUT2D eigenvalue weighted by atomic mass is 10.0.